The van der Waals surface area contributed by atoms with E-state index in [0.717, 1.165) is 0 Å². The second-order valence-corrected chi connectivity index (χ2v) is 7.16. The Kier molecular flexibility index (Phi) is 2.91. The van der Waals surface area contributed by atoms with Crippen LogP contribution in [0.2, 0.25) is 0 Å². The summed E-state index contributed by atoms with van der Waals surface area (Å²) in [5, 5.41) is 0.474. The Balaban J connectivity index is 1.43. The number of epoxide rings is 1. The van der Waals surface area contributed by atoms with Gasteiger partial charge in [0, 0.05) is 12.4 Å². The van der Waals surface area contributed by atoms with Crippen molar-refractivity contribution in [2.75, 3.05) is 0 Å². The quantitative estimate of drug-likeness (QED) is 0.627. The molecule has 1 aromatic heterocycles. The molecule has 2 bridgehead atoms. The van der Waals surface area contributed by atoms with Gasteiger partial charge >= 0.3 is 0 Å². The van der Waals surface area contributed by atoms with Gasteiger partial charge in [-0.3, -0.25) is 4.57 Å². The van der Waals surface area contributed by atoms with Crippen molar-refractivity contribution in [1.29, 1.82) is 0 Å². The molecule has 2 saturated carbocycles. The van der Waals surface area contributed by atoms with Crippen molar-refractivity contribution in [1.82, 2.24) is 9.55 Å². The second-order valence-electron chi connectivity index (χ2n) is 6.81. The molecule has 3 aliphatic rings. The van der Waals surface area contributed by atoms with E-state index in [-0.39, 0.29) is 17.8 Å². The molecule has 2 aromatic rings. The zero-order valence-electron chi connectivity index (χ0n) is 12.7. The van der Waals surface area contributed by atoms with Gasteiger partial charge in [0.2, 0.25) is 0 Å². The summed E-state index contributed by atoms with van der Waals surface area (Å²) in [6.07, 6.45) is 9.08. The minimum Gasteiger partial charge on any atom is -0.464 e. The van der Waals surface area contributed by atoms with Crippen molar-refractivity contribution in [3.8, 4) is 0 Å². The van der Waals surface area contributed by atoms with E-state index in [4.69, 9.17) is 21.7 Å². The minimum atomic E-state index is -0.172. The van der Waals surface area contributed by atoms with E-state index in [2.05, 4.69) is 29.2 Å². The Morgan fingerprint density at radius 3 is 2.96 bits per heavy atom. The number of ether oxygens (including phenoxy) is 2. The van der Waals surface area contributed by atoms with Crippen LogP contribution in [0.1, 0.15) is 30.9 Å². The van der Waals surface area contributed by atoms with Gasteiger partial charge in [-0.15, -0.1) is 0 Å². The van der Waals surface area contributed by atoms with Crippen LogP contribution >= 0.6 is 12.2 Å². The van der Waals surface area contributed by atoms with Gasteiger partial charge in [0.1, 0.15) is 24.1 Å². The molecule has 118 valence electrons. The predicted octanol–water partition coefficient (Wildman–Crippen LogP) is 3.34. The largest absolute Gasteiger partial charge is 0.464 e. The SMILES string of the molecule is S=C(O[C@H]1[C@H]2CC[C@H](C2)[C@]12O[C@H]2c1ccccc1)n1ccnc1. The zero-order valence-corrected chi connectivity index (χ0v) is 13.5. The van der Waals surface area contributed by atoms with Crippen LogP contribution < -0.4 is 0 Å². The number of nitrogens with zero attached hydrogens (tertiary/aromatic N) is 2. The van der Waals surface area contributed by atoms with Gasteiger partial charge in [0.15, 0.2) is 0 Å². The molecule has 0 unspecified atom stereocenters. The highest BCUT2D eigenvalue weighted by atomic mass is 32.1. The van der Waals surface area contributed by atoms with Crippen molar-refractivity contribution in [2.24, 2.45) is 11.8 Å². The molecule has 1 aromatic carbocycles. The van der Waals surface area contributed by atoms with E-state index in [9.17, 15) is 0 Å². The van der Waals surface area contributed by atoms with Gasteiger partial charge in [-0.1, -0.05) is 30.3 Å². The van der Waals surface area contributed by atoms with Crippen LogP contribution in [0, 0.1) is 11.8 Å². The fourth-order valence-electron chi connectivity index (χ4n) is 4.68. The summed E-state index contributed by atoms with van der Waals surface area (Å²) < 4.78 is 14.3. The highest BCUT2D eigenvalue weighted by molar-refractivity contribution is 7.80. The lowest BCUT2D eigenvalue weighted by atomic mass is 9.81. The third kappa shape index (κ3) is 1.93. The minimum absolute atomic E-state index is 0.0568. The second kappa shape index (κ2) is 4.89. The molecule has 0 radical (unpaired) electrons. The van der Waals surface area contributed by atoms with Crippen LogP contribution in [0.3, 0.4) is 0 Å². The lowest BCUT2D eigenvalue weighted by Crippen LogP contribution is -2.41. The molecule has 5 atom stereocenters. The van der Waals surface area contributed by atoms with Crippen LogP contribution in [0.15, 0.2) is 49.1 Å². The molecule has 0 amide bonds. The number of aromatic nitrogens is 2. The molecular formula is C18H18N2O2S. The first-order chi connectivity index (χ1) is 11.3. The fraction of sp³-hybridized carbons (Fsp3) is 0.444. The molecule has 5 heteroatoms. The Labute approximate surface area is 140 Å². The van der Waals surface area contributed by atoms with Crippen molar-refractivity contribution >= 4 is 17.4 Å². The standard InChI is InChI=1S/C18H18N2O2S/c23-17(20-9-8-19-11-20)21-15-13-6-7-14(10-13)18(15)16(22-18)12-4-2-1-3-5-12/h1-5,8-9,11,13-16H,6-7,10H2/t13-,14+,15-,16-,18-/m0/s1. The number of rotatable bonds is 2. The third-order valence-corrected chi connectivity index (χ3v) is 6.01. The first kappa shape index (κ1) is 13.7. The van der Waals surface area contributed by atoms with Gasteiger partial charge < -0.3 is 9.47 Å². The number of hydrogen-bond acceptors (Lipinski definition) is 4. The van der Waals surface area contributed by atoms with E-state index in [1.54, 1.807) is 17.1 Å². The van der Waals surface area contributed by atoms with Gasteiger partial charge in [-0.25, -0.2) is 4.98 Å². The highest BCUT2D eigenvalue weighted by Crippen LogP contribution is 2.68. The van der Waals surface area contributed by atoms with Crippen molar-refractivity contribution < 1.29 is 9.47 Å². The molecule has 2 aliphatic carbocycles. The molecule has 1 spiro atoms. The van der Waals surface area contributed by atoms with E-state index in [1.807, 2.05) is 12.3 Å². The summed E-state index contributed by atoms with van der Waals surface area (Å²) in [5.74, 6) is 1.14. The van der Waals surface area contributed by atoms with Crippen LogP contribution in [-0.4, -0.2) is 26.4 Å². The Hall–Kier alpha value is -1.72. The highest BCUT2D eigenvalue weighted by Gasteiger charge is 2.74. The average molecular weight is 326 g/mol. The summed E-state index contributed by atoms with van der Waals surface area (Å²) in [6.45, 7) is 0. The average Bonchev–Trinajstić information content (AvgIpc) is 2.99. The number of fused-ring (bicyclic) bond motifs is 3. The van der Waals surface area contributed by atoms with Gasteiger partial charge in [-0.05, 0) is 48.9 Å². The molecule has 23 heavy (non-hydrogen) atoms. The Morgan fingerprint density at radius 1 is 1.30 bits per heavy atom. The summed E-state index contributed by atoms with van der Waals surface area (Å²) in [5.41, 5.74) is 1.08. The number of imidazole rings is 1. The van der Waals surface area contributed by atoms with Crippen LogP contribution in [0.4, 0.5) is 0 Å². The van der Waals surface area contributed by atoms with E-state index < -0.39 is 0 Å². The first-order valence-corrected chi connectivity index (χ1v) is 8.61. The van der Waals surface area contributed by atoms with Crippen LogP contribution in [0.25, 0.3) is 0 Å². The summed E-state index contributed by atoms with van der Waals surface area (Å²) in [4.78, 5) is 4.04. The third-order valence-electron chi connectivity index (χ3n) is 5.70. The van der Waals surface area contributed by atoms with E-state index in [0.29, 0.717) is 17.0 Å². The molecular weight excluding hydrogens is 308 g/mol. The first-order valence-electron chi connectivity index (χ1n) is 8.21. The van der Waals surface area contributed by atoms with Crippen molar-refractivity contribution in [2.45, 2.75) is 37.1 Å². The molecule has 0 N–H and O–H groups in total. The maximum Gasteiger partial charge on any atom is 0.269 e. The molecule has 1 saturated heterocycles. The topological polar surface area (TPSA) is 39.6 Å². The van der Waals surface area contributed by atoms with Crippen LogP contribution in [-0.2, 0) is 9.47 Å². The van der Waals surface area contributed by atoms with Gasteiger partial charge in [0.25, 0.3) is 5.17 Å². The Morgan fingerprint density at radius 2 is 2.17 bits per heavy atom. The molecule has 3 fully saturated rings. The molecule has 5 rings (SSSR count). The van der Waals surface area contributed by atoms with Crippen LogP contribution in [0.5, 0.6) is 0 Å². The monoisotopic (exact) mass is 326 g/mol. The zero-order chi connectivity index (χ0) is 15.4. The van der Waals surface area contributed by atoms with Gasteiger partial charge in [0.05, 0.1) is 0 Å². The lowest BCUT2D eigenvalue weighted by Gasteiger charge is -2.29. The van der Waals surface area contributed by atoms with Crippen molar-refractivity contribution in [3.05, 3.63) is 54.6 Å². The fourth-order valence-corrected chi connectivity index (χ4v) is 4.89. The van der Waals surface area contributed by atoms with E-state index >= 15 is 0 Å². The van der Waals surface area contributed by atoms with Crippen molar-refractivity contribution in [3.63, 3.8) is 0 Å². The lowest BCUT2D eigenvalue weighted by molar-refractivity contribution is 0.0418. The maximum atomic E-state index is 6.31. The normalized spacial score (nSPS) is 37.2. The number of thiocarbonyl (C=S) groups is 1. The molecule has 1 aliphatic heterocycles. The summed E-state index contributed by atoms with van der Waals surface area (Å²) >= 11 is 5.46. The number of hydrogen-bond donors (Lipinski definition) is 0. The smallest absolute Gasteiger partial charge is 0.269 e. The predicted molar refractivity (Wildman–Crippen MR) is 88.9 cm³/mol. The summed E-state index contributed by atoms with van der Waals surface area (Å²) in [6, 6.07) is 10.5. The molecule has 4 nitrogen and oxygen atoms in total. The number of benzene rings is 1. The Bertz CT molecular complexity index is 733. The summed E-state index contributed by atoms with van der Waals surface area (Å²) in [7, 11) is 0. The maximum absolute atomic E-state index is 6.31. The molecule has 2 heterocycles. The van der Waals surface area contributed by atoms with E-state index in [1.165, 1.54) is 24.8 Å². The van der Waals surface area contributed by atoms with Gasteiger partial charge in [-0.2, -0.15) is 0 Å².